The smallest absolute Gasteiger partial charge is 0.267 e. The number of aromatic nitrogens is 1. The highest BCUT2D eigenvalue weighted by Gasteiger charge is 2.23. The fourth-order valence-electron chi connectivity index (χ4n) is 2.89. The first kappa shape index (κ1) is 18.0. The van der Waals surface area contributed by atoms with Crippen molar-refractivity contribution in [2.24, 2.45) is 5.92 Å². The SMILES string of the molecule is CC(C)Cn1c(=O)c(C(=O)Nc2ccccc2Cl)c(O)c2ccccc21. The van der Waals surface area contributed by atoms with Gasteiger partial charge in [-0.25, -0.2) is 0 Å². The van der Waals surface area contributed by atoms with Crippen molar-refractivity contribution in [1.29, 1.82) is 0 Å². The minimum atomic E-state index is -0.691. The number of fused-ring (bicyclic) bond motifs is 1. The number of para-hydroxylation sites is 2. The van der Waals surface area contributed by atoms with Gasteiger partial charge in [0.05, 0.1) is 16.2 Å². The van der Waals surface area contributed by atoms with E-state index in [9.17, 15) is 14.7 Å². The molecule has 0 spiro atoms. The van der Waals surface area contributed by atoms with E-state index in [4.69, 9.17) is 11.6 Å². The van der Waals surface area contributed by atoms with Gasteiger partial charge in [-0.1, -0.05) is 49.7 Å². The first-order valence-corrected chi connectivity index (χ1v) is 8.68. The summed E-state index contributed by atoms with van der Waals surface area (Å²) in [6, 6.07) is 13.7. The number of amides is 1. The molecule has 3 aromatic rings. The molecule has 0 saturated carbocycles. The van der Waals surface area contributed by atoms with Crippen LogP contribution in [0, 0.1) is 5.92 Å². The Morgan fingerprint density at radius 2 is 1.81 bits per heavy atom. The third-order valence-corrected chi connectivity index (χ3v) is 4.37. The Morgan fingerprint density at radius 3 is 2.50 bits per heavy atom. The number of carbonyl (C=O) groups is 1. The number of carbonyl (C=O) groups excluding carboxylic acids is 1. The lowest BCUT2D eigenvalue weighted by Gasteiger charge is -2.16. The Bertz CT molecular complexity index is 1040. The van der Waals surface area contributed by atoms with Crippen LogP contribution in [0.15, 0.2) is 53.3 Å². The monoisotopic (exact) mass is 370 g/mol. The maximum absolute atomic E-state index is 13.0. The molecule has 2 N–H and O–H groups in total. The van der Waals surface area contributed by atoms with Crippen LogP contribution in [0.25, 0.3) is 10.9 Å². The largest absolute Gasteiger partial charge is 0.506 e. The fraction of sp³-hybridized carbons (Fsp3) is 0.200. The number of halogens is 1. The average Bonchev–Trinajstić information content (AvgIpc) is 2.60. The summed E-state index contributed by atoms with van der Waals surface area (Å²) < 4.78 is 1.53. The van der Waals surface area contributed by atoms with Crippen molar-refractivity contribution < 1.29 is 9.90 Å². The molecule has 0 aliphatic heterocycles. The first-order valence-electron chi connectivity index (χ1n) is 8.30. The third kappa shape index (κ3) is 3.30. The lowest BCUT2D eigenvalue weighted by Crippen LogP contribution is -2.31. The Labute approximate surface area is 155 Å². The van der Waals surface area contributed by atoms with Gasteiger partial charge in [-0.05, 0) is 30.2 Å². The number of anilines is 1. The van der Waals surface area contributed by atoms with Crippen LogP contribution in [-0.4, -0.2) is 15.6 Å². The molecular formula is C20H19ClN2O3. The number of aromatic hydroxyl groups is 1. The van der Waals surface area contributed by atoms with Gasteiger partial charge in [0.2, 0.25) is 0 Å². The molecule has 1 heterocycles. The number of hydrogen-bond donors (Lipinski definition) is 2. The summed E-state index contributed by atoms with van der Waals surface area (Å²) in [4.78, 5) is 25.7. The zero-order valence-electron chi connectivity index (χ0n) is 14.5. The Morgan fingerprint density at radius 1 is 1.15 bits per heavy atom. The van der Waals surface area contributed by atoms with Gasteiger partial charge < -0.3 is 15.0 Å². The van der Waals surface area contributed by atoms with E-state index in [0.29, 0.717) is 28.2 Å². The summed E-state index contributed by atoms with van der Waals surface area (Å²) in [5.41, 5.74) is 0.156. The average molecular weight is 371 g/mol. The van der Waals surface area contributed by atoms with Crippen LogP contribution in [0.5, 0.6) is 5.75 Å². The van der Waals surface area contributed by atoms with Crippen LogP contribution >= 0.6 is 11.6 Å². The molecular weight excluding hydrogens is 352 g/mol. The molecule has 0 atom stereocenters. The number of benzene rings is 2. The van der Waals surface area contributed by atoms with Gasteiger partial charge in [0.25, 0.3) is 11.5 Å². The van der Waals surface area contributed by atoms with Crippen LogP contribution in [0.1, 0.15) is 24.2 Å². The molecule has 0 bridgehead atoms. The molecule has 0 fully saturated rings. The van der Waals surface area contributed by atoms with E-state index >= 15 is 0 Å². The van der Waals surface area contributed by atoms with Crippen molar-refractivity contribution in [3.8, 4) is 5.75 Å². The fourth-order valence-corrected chi connectivity index (χ4v) is 3.07. The molecule has 0 unspecified atom stereocenters. The van der Waals surface area contributed by atoms with Crippen molar-refractivity contribution in [2.75, 3.05) is 5.32 Å². The number of nitrogens with one attached hydrogen (secondary N) is 1. The summed E-state index contributed by atoms with van der Waals surface area (Å²) >= 11 is 6.07. The summed E-state index contributed by atoms with van der Waals surface area (Å²) in [6.45, 7) is 4.40. The molecule has 3 rings (SSSR count). The molecule has 1 amide bonds. The van der Waals surface area contributed by atoms with E-state index in [2.05, 4.69) is 5.32 Å². The normalized spacial score (nSPS) is 11.1. The predicted octanol–water partition coefficient (Wildman–Crippen LogP) is 4.27. The van der Waals surface area contributed by atoms with Crippen molar-refractivity contribution >= 4 is 34.1 Å². The number of pyridine rings is 1. The zero-order chi connectivity index (χ0) is 18.8. The van der Waals surface area contributed by atoms with E-state index in [1.807, 2.05) is 13.8 Å². The van der Waals surface area contributed by atoms with Gasteiger partial charge in [0.1, 0.15) is 11.3 Å². The minimum absolute atomic E-state index is 0.195. The van der Waals surface area contributed by atoms with E-state index in [1.54, 1.807) is 48.5 Å². The second kappa shape index (κ2) is 7.22. The van der Waals surface area contributed by atoms with Gasteiger partial charge in [-0.3, -0.25) is 9.59 Å². The van der Waals surface area contributed by atoms with Crippen molar-refractivity contribution in [1.82, 2.24) is 4.57 Å². The lowest BCUT2D eigenvalue weighted by atomic mass is 10.1. The van der Waals surface area contributed by atoms with E-state index in [-0.39, 0.29) is 17.2 Å². The maximum Gasteiger partial charge on any atom is 0.267 e. The zero-order valence-corrected chi connectivity index (χ0v) is 15.2. The Hall–Kier alpha value is -2.79. The quantitative estimate of drug-likeness (QED) is 0.720. The predicted molar refractivity (Wildman–Crippen MR) is 104 cm³/mol. The van der Waals surface area contributed by atoms with Crippen LogP contribution in [-0.2, 0) is 6.54 Å². The molecule has 26 heavy (non-hydrogen) atoms. The summed E-state index contributed by atoms with van der Waals surface area (Å²) in [5.74, 6) is -0.820. The Kier molecular flexibility index (Phi) is 5.00. The molecule has 0 saturated heterocycles. The summed E-state index contributed by atoms with van der Waals surface area (Å²) in [5, 5.41) is 14.0. The molecule has 0 aliphatic carbocycles. The highest BCUT2D eigenvalue weighted by molar-refractivity contribution is 6.34. The molecule has 5 nitrogen and oxygen atoms in total. The van der Waals surface area contributed by atoms with Crippen molar-refractivity contribution in [2.45, 2.75) is 20.4 Å². The lowest BCUT2D eigenvalue weighted by molar-refractivity contribution is 0.102. The molecule has 6 heteroatoms. The first-order chi connectivity index (χ1) is 12.4. The van der Waals surface area contributed by atoms with Gasteiger partial charge in [0, 0.05) is 11.9 Å². The number of rotatable bonds is 4. The molecule has 1 aromatic heterocycles. The Balaban J connectivity index is 2.18. The topological polar surface area (TPSA) is 71.3 Å². The van der Waals surface area contributed by atoms with Crippen LogP contribution in [0.2, 0.25) is 5.02 Å². The molecule has 0 radical (unpaired) electrons. The highest BCUT2D eigenvalue weighted by atomic mass is 35.5. The molecule has 2 aromatic carbocycles. The van der Waals surface area contributed by atoms with Crippen LogP contribution in [0.4, 0.5) is 5.69 Å². The molecule has 0 aliphatic rings. The number of nitrogens with zero attached hydrogens (tertiary/aromatic N) is 1. The van der Waals surface area contributed by atoms with Crippen molar-refractivity contribution in [3.63, 3.8) is 0 Å². The second-order valence-electron chi connectivity index (χ2n) is 6.48. The summed E-state index contributed by atoms with van der Waals surface area (Å²) in [7, 11) is 0. The second-order valence-corrected chi connectivity index (χ2v) is 6.89. The standard InChI is InChI=1S/C20H19ClN2O3/c1-12(2)11-23-16-10-6-3-7-13(16)18(24)17(20(23)26)19(25)22-15-9-5-4-8-14(15)21/h3-10,12,24H,11H2,1-2H3,(H,22,25). The third-order valence-electron chi connectivity index (χ3n) is 4.04. The minimum Gasteiger partial charge on any atom is -0.506 e. The van der Waals surface area contributed by atoms with Gasteiger partial charge in [-0.2, -0.15) is 0 Å². The van der Waals surface area contributed by atoms with Crippen molar-refractivity contribution in [3.05, 3.63) is 69.5 Å². The molecule has 134 valence electrons. The van der Waals surface area contributed by atoms with Gasteiger partial charge >= 0.3 is 0 Å². The van der Waals surface area contributed by atoms with E-state index in [1.165, 1.54) is 4.57 Å². The maximum atomic E-state index is 13.0. The van der Waals surface area contributed by atoms with Crippen LogP contribution in [0.3, 0.4) is 0 Å². The van der Waals surface area contributed by atoms with Gasteiger partial charge in [0.15, 0.2) is 0 Å². The summed E-state index contributed by atoms with van der Waals surface area (Å²) in [6.07, 6.45) is 0. The van der Waals surface area contributed by atoms with Crippen LogP contribution < -0.4 is 10.9 Å². The van der Waals surface area contributed by atoms with Gasteiger partial charge in [-0.15, -0.1) is 0 Å². The number of hydrogen-bond acceptors (Lipinski definition) is 3. The highest BCUT2D eigenvalue weighted by Crippen LogP contribution is 2.28. The van der Waals surface area contributed by atoms with E-state index in [0.717, 1.165) is 0 Å². The van der Waals surface area contributed by atoms with E-state index < -0.39 is 11.5 Å².